The molecule has 0 aliphatic heterocycles. The van der Waals surface area contributed by atoms with Gasteiger partial charge in [0, 0.05) is 96.6 Å². The van der Waals surface area contributed by atoms with Crippen LogP contribution in [0.4, 0.5) is 51.2 Å². The molecule has 0 spiro atoms. The standard InChI is InChI=1S/C60H39N3OS2/c1-5-17-40(18-6-1)61(41-19-7-2-8-20-41)44-31-34-55-52(35-44)53-36-47(62(42-21-9-3-10-22-42)45-29-32-50-48-25-13-15-27-56(48)65-58(50)38-45)37-54(60(53)64-55)63(43-23-11-4-12-24-43)46-30-33-51-49-26-14-16-28-57(49)66-59(51)39-46/h1-39H. The van der Waals surface area contributed by atoms with E-state index in [0.717, 1.165) is 73.1 Å². The second kappa shape index (κ2) is 15.8. The number of rotatable bonds is 9. The number of anilines is 9. The first kappa shape index (κ1) is 38.3. The zero-order chi connectivity index (χ0) is 43.6. The fraction of sp³-hybridized carbons (Fsp3) is 0. The molecule has 10 aromatic carbocycles. The molecule has 0 N–H and O–H groups in total. The lowest BCUT2D eigenvalue weighted by Crippen LogP contribution is -2.13. The number of benzene rings is 10. The fourth-order valence-corrected chi connectivity index (χ4v) is 11.9. The Hall–Kier alpha value is -8.16. The maximum atomic E-state index is 7.15. The van der Waals surface area contributed by atoms with E-state index in [1.807, 2.05) is 22.7 Å². The zero-order valence-electron chi connectivity index (χ0n) is 35.6. The average molecular weight is 882 g/mol. The van der Waals surface area contributed by atoms with Crippen molar-refractivity contribution in [3.05, 3.63) is 237 Å². The van der Waals surface area contributed by atoms with Crippen molar-refractivity contribution in [3.8, 4) is 0 Å². The van der Waals surface area contributed by atoms with Crippen LogP contribution in [-0.2, 0) is 0 Å². The number of furan rings is 1. The summed E-state index contributed by atoms with van der Waals surface area (Å²) in [5, 5.41) is 7.15. The van der Waals surface area contributed by atoms with Gasteiger partial charge < -0.3 is 19.1 Å². The van der Waals surface area contributed by atoms with Gasteiger partial charge in [-0.3, -0.25) is 0 Å². The van der Waals surface area contributed by atoms with Crippen molar-refractivity contribution in [3.63, 3.8) is 0 Å². The Morgan fingerprint density at radius 1 is 0.258 bits per heavy atom. The van der Waals surface area contributed by atoms with Crippen molar-refractivity contribution >= 4 is 136 Å². The normalized spacial score (nSPS) is 11.6. The molecule has 0 aliphatic carbocycles. The first-order chi connectivity index (χ1) is 32.7. The molecule has 0 amide bonds. The maximum Gasteiger partial charge on any atom is 0.159 e. The highest BCUT2D eigenvalue weighted by atomic mass is 32.1. The fourth-order valence-electron chi connectivity index (χ4n) is 9.60. The molecular weight excluding hydrogens is 843 g/mol. The van der Waals surface area contributed by atoms with Crippen molar-refractivity contribution in [1.82, 2.24) is 0 Å². The smallest absolute Gasteiger partial charge is 0.159 e. The summed E-state index contributed by atoms with van der Waals surface area (Å²) in [6.45, 7) is 0. The van der Waals surface area contributed by atoms with Crippen molar-refractivity contribution in [2.45, 2.75) is 0 Å². The van der Waals surface area contributed by atoms with E-state index in [2.05, 4.69) is 251 Å². The van der Waals surface area contributed by atoms with Gasteiger partial charge in [0.05, 0.1) is 5.69 Å². The van der Waals surface area contributed by atoms with E-state index in [9.17, 15) is 0 Å². The van der Waals surface area contributed by atoms with Crippen LogP contribution in [0.25, 0.3) is 62.3 Å². The first-order valence-corrected chi connectivity index (χ1v) is 23.8. The third-order valence-corrected chi connectivity index (χ3v) is 14.8. The lowest BCUT2D eigenvalue weighted by atomic mass is 10.1. The van der Waals surface area contributed by atoms with Gasteiger partial charge in [-0.05, 0) is 115 Å². The van der Waals surface area contributed by atoms with E-state index in [0.29, 0.717) is 0 Å². The van der Waals surface area contributed by atoms with Gasteiger partial charge in [-0.15, -0.1) is 22.7 Å². The van der Waals surface area contributed by atoms with E-state index in [1.165, 1.54) is 40.3 Å². The number of hydrogen-bond donors (Lipinski definition) is 0. The number of para-hydroxylation sites is 4. The highest BCUT2D eigenvalue weighted by Gasteiger charge is 2.25. The number of thiophene rings is 2. The molecular formula is C60H39N3OS2. The van der Waals surface area contributed by atoms with Gasteiger partial charge in [0.25, 0.3) is 0 Å². The SMILES string of the molecule is c1ccc(N(c2ccccc2)c2ccc3oc4c(N(c5ccccc5)c5ccc6c(c5)sc5ccccc56)cc(N(c5ccccc5)c5ccc6c(c5)sc5ccccc56)cc4c3c2)cc1. The Kier molecular flexibility index (Phi) is 9.18. The third-order valence-electron chi connectivity index (χ3n) is 12.6. The predicted octanol–water partition coefficient (Wildman–Crippen LogP) is 18.7. The van der Waals surface area contributed by atoms with Gasteiger partial charge in [0.2, 0.25) is 0 Å². The van der Waals surface area contributed by atoms with Crippen molar-refractivity contribution in [2.24, 2.45) is 0 Å². The molecule has 3 heterocycles. The summed E-state index contributed by atoms with van der Waals surface area (Å²) < 4.78 is 12.2. The molecule has 0 saturated heterocycles. The molecule has 0 saturated carbocycles. The van der Waals surface area contributed by atoms with Crippen molar-refractivity contribution in [1.29, 1.82) is 0 Å². The van der Waals surface area contributed by atoms with E-state index in [1.54, 1.807) is 0 Å². The molecule has 66 heavy (non-hydrogen) atoms. The van der Waals surface area contributed by atoms with Crippen molar-refractivity contribution in [2.75, 3.05) is 14.7 Å². The quantitative estimate of drug-likeness (QED) is 0.144. The Bertz CT molecular complexity index is 3860. The Morgan fingerprint density at radius 2 is 0.652 bits per heavy atom. The first-order valence-electron chi connectivity index (χ1n) is 22.2. The minimum atomic E-state index is 0.810. The van der Waals surface area contributed by atoms with Gasteiger partial charge in [-0.25, -0.2) is 0 Å². The van der Waals surface area contributed by atoms with Gasteiger partial charge in [0.15, 0.2) is 5.58 Å². The molecule has 3 aromatic heterocycles. The predicted molar refractivity (Wildman–Crippen MR) is 284 cm³/mol. The molecule has 0 unspecified atom stereocenters. The monoisotopic (exact) mass is 881 g/mol. The molecule has 4 nitrogen and oxygen atoms in total. The summed E-state index contributed by atoms with van der Waals surface area (Å²) in [5.74, 6) is 0. The largest absolute Gasteiger partial charge is 0.454 e. The molecule has 0 aliphatic rings. The summed E-state index contributed by atoms with van der Waals surface area (Å²) in [7, 11) is 0. The minimum absolute atomic E-state index is 0.810. The summed E-state index contributed by atoms with van der Waals surface area (Å²) >= 11 is 3.68. The van der Waals surface area contributed by atoms with Crippen LogP contribution in [0.5, 0.6) is 0 Å². The molecule has 13 rings (SSSR count). The average Bonchev–Trinajstić information content (AvgIpc) is 4.06. The second-order valence-electron chi connectivity index (χ2n) is 16.5. The Labute approximate surface area is 389 Å². The van der Waals surface area contributed by atoms with Crippen LogP contribution >= 0.6 is 22.7 Å². The van der Waals surface area contributed by atoms with E-state index in [-0.39, 0.29) is 0 Å². The Morgan fingerprint density at radius 3 is 1.18 bits per heavy atom. The summed E-state index contributed by atoms with van der Waals surface area (Å²) in [6.07, 6.45) is 0. The van der Waals surface area contributed by atoms with Gasteiger partial charge in [-0.1, -0.05) is 121 Å². The van der Waals surface area contributed by atoms with Crippen LogP contribution in [0.15, 0.2) is 241 Å². The lowest BCUT2D eigenvalue weighted by molar-refractivity contribution is 0.669. The molecule has 312 valence electrons. The summed E-state index contributed by atoms with van der Waals surface area (Å²) in [4.78, 5) is 7.08. The molecule has 0 atom stereocenters. The van der Waals surface area contributed by atoms with Crippen LogP contribution in [0.2, 0.25) is 0 Å². The van der Waals surface area contributed by atoms with Crippen LogP contribution in [0, 0.1) is 0 Å². The van der Waals surface area contributed by atoms with Crippen LogP contribution in [0.3, 0.4) is 0 Å². The highest BCUT2D eigenvalue weighted by molar-refractivity contribution is 7.26. The summed E-state index contributed by atoms with van der Waals surface area (Å²) in [5.41, 5.74) is 11.0. The number of nitrogens with zero attached hydrogens (tertiary/aromatic N) is 3. The van der Waals surface area contributed by atoms with Crippen LogP contribution in [0.1, 0.15) is 0 Å². The van der Waals surface area contributed by atoms with Crippen LogP contribution < -0.4 is 14.7 Å². The molecule has 0 fully saturated rings. The molecule has 13 aromatic rings. The van der Waals surface area contributed by atoms with E-state index >= 15 is 0 Å². The summed E-state index contributed by atoms with van der Waals surface area (Å²) in [6, 6.07) is 85.0. The van der Waals surface area contributed by atoms with Crippen molar-refractivity contribution < 1.29 is 4.42 Å². The maximum absolute atomic E-state index is 7.15. The zero-order valence-corrected chi connectivity index (χ0v) is 37.2. The second-order valence-corrected chi connectivity index (χ2v) is 18.7. The minimum Gasteiger partial charge on any atom is -0.454 e. The van der Waals surface area contributed by atoms with E-state index < -0.39 is 0 Å². The number of hydrogen-bond acceptors (Lipinski definition) is 6. The van der Waals surface area contributed by atoms with Gasteiger partial charge in [-0.2, -0.15) is 0 Å². The molecule has 0 radical (unpaired) electrons. The Balaban J connectivity index is 1.10. The topological polar surface area (TPSA) is 22.9 Å². The highest BCUT2D eigenvalue weighted by Crippen LogP contribution is 2.50. The van der Waals surface area contributed by atoms with Crippen LogP contribution in [-0.4, -0.2) is 0 Å². The molecule has 6 heteroatoms. The van der Waals surface area contributed by atoms with Gasteiger partial charge in [0.1, 0.15) is 5.58 Å². The third kappa shape index (κ3) is 6.49. The van der Waals surface area contributed by atoms with E-state index in [4.69, 9.17) is 4.42 Å². The molecule has 0 bridgehead atoms. The van der Waals surface area contributed by atoms with Gasteiger partial charge >= 0.3 is 0 Å². The number of fused-ring (bicyclic) bond motifs is 9. The lowest BCUT2D eigenvalue weighted by Gasteiger charge is -2.29.